The Labute approximate surface area is 210 Å². The zero-order valence-electron chi connectivity index (χ0n) is 20.6. The Morgan fingerprint density at radius 3 is 2.17 bits per heavy atom. The molecule has 0 aliphatic rings. The van der Waals surface area contributed by atoms with E-state index in [1.807, 2.05) is 51.1 Å². The largest absolute Gasteiger partial charge is 0.350 e. The first-order valence-electron chi connectivity index (χ1n) is 11.7. The highest BCUT2D eigenvalue weighted by Gasteiger charge is 2.33. The molecule has 0 fully saturated rings. The molecule has 8 heteroatoms. The van der Waals surface area contributed by atoms with Crippen molar-refractivity contribution in [3.63, 3.8) is 0 Å². The number of halogens is 1. The molecule has 3 aromatic carbocycles. The first kappa shape index (κ1) is 26.5. The highest BCUT2D eigenvalue weighted by atomic mass is 19.1. The molecule has 0 saturated heterocycles. The molecule has 7 nitrogen and oxygen atoms in total. The topological polar surface area (TPSA) is 92.6 Å². The van der Waals surface area contributed by atoms with E-state index in [1.165, 1.54) is 35.2 Å². The normalized spacial score (nSPS) is 12.0. The molecule has 3 aromatic rings. The van der Waals surface area contributed by atoms with Crippen LogP contribution in [0.4, 0.5) is 10.1 Å². The number of rotatable bonds is 9. The molecule has 0 aliphatic heterocycles. The third-order valence-corrected chi connectivity index (χ3v) is 5.57. The lowest BCUT2D eigenvalue weighted by Crippen LogP contribution is -2.54. The third kappa shape index (κ3) is 7.46. The number of nitro benzene ring substituents is 1. The number of carbonyl (C=O) groups excluding carboxylic acids is 2. The molecule has 0 aromatic heterocycles. The van der Waals surface area contributed by atoms with Crippen molar-refractivity contribution >= 4 is 17.5 Å². The number of hydrogen-bond donors (Lipinski definition) is 1. The molecule has 188 valence electrons. The zero-order valence-corrected chi connectivity index (χ0v) is 20.6. The average molecular weight is 492 g/mol. The molecule has 0 bridgehead atoms. The van der Waals surface area contributed by atoms with Crippen molar-refractivity contribution in [2.24, 2.45) is 0 Å². The van der Waals surface area contributed by atoms with E-state index in [0.29, 0.717) is 5.56 Å². The number of amides is 2. The second kappa shape index (κ2) is 11.6. The van der Waals surface area contributed by atoms with Crippen LogP contribution in [0.5, 0.6) is 0 Å². The number of para-hydroxylation sites is 1. The minimum absolute atomic E-state index is 0.0365. The van der Waals surface area contributed by atoms with Gasteiger partial charge in [0, 0.05) is 30.1 Å². The van der Waals surface area contributed by atoms with Crippen molar-refractivity contribution in [2.75, 3.05) is 0 Å². The van der Waals surface area contributed by atoms with Crippen molar-refractivity contribution in [3.05, 3.63) is 111 Å². The Kier molecular flexibility index (Phi) is 8.53. The van der Waals surface area contributed by atoms with E-state index in [1.54, 1.807) is 18.2 Å². The molecule has 0 unspecified atom stereocenters. The van der Waals surface area contributed by atoms with Gasteiger partial charge in [0.05, 0.1) is 11.3 Å². The fourth-order valence-corrected chi connectivity index (χ4v) is 3.90. The number of hydrogen-bond acceptors (Lipinski definition) is 4. The van der Waals surface area contributed by atoms with Crippen LogP contribution in [-0.2, 0) is 29.0 Å². The number of nitrogens with one attached hydrogen (secondary N) is 1. The summed E-state index contributed by atoms with van der Waals surface area (Å²) in [6.07, 6.45) is -0.0149. The predicted octanol–water partition coefficient (Wildman–Crippen LogP) is 4.83. The van der Waals surface area contributed by atoms with Crippen molar-refractivity contribution in [2.45, 2.75) is 51.7 Å². The lowest BCUT2D eigenvalue weighted by Gasteiger charge is -2.34. The maximum Gasteiger partial charge on any atom is 0.273 e. The zero-order chi connectivity index (χ0) is 26.3. The SMILES string of the molecule is CC(C)(C)NC(=O)[C@@H](Cc1ccccc1)N(Cc1ccc(F)cc1)C(=O)Cc1ccccc1[N+](=O)[O-]. The van der Waals surface area contributed by atoms with Crippen molar-refractivity contribution in [3.8, 4) is 0 Å². The van der Waals surface area contributed by atoms with Crippen LogP contribution in [0.2, 0.25) is 0 Å². The first-order chi connectivity index (χ1) is 17.0. The minimum atomic E-state index is -0.896. The van der Waals surface area contributed by atoms with Crippen LogP contribution in [-0.4, -0.2) is 33.2 Å². The standard InChI is InChI=1S/C28H30FN3O4/c1-28(2,3)30-27(34)25(17-20-9-5-4-6-10-20)31(19-21-13-15-23(29)16-14-21)26(33)18-22-11-7-8-12-24(22)32(35)36/h4-16,25H,17-19H2,1-3H3,(H,30,34)/t25-/m1/s1. The summed E-state index contributed by atoms with van der Waals surface area (Å²) >= 11 is 0. The van der Waals surface area contributed by atoms with Gasteiger partial charge in [0.1, 0.15) is 11.9 Å². The Hall–Kier alpha value is -4.07. The molecule has 0 spiro atoms. The van der Waals surface area contributed by atoms with E-state index < -0.39 is 28.2 Å². The molecule has 0 aliphatic carbocycles. The summed E-state index contributed by atoms with van der Waals surface area (Å²) in [7, 11) is 0. The predicted molar refractivity (Wildman–Crippen MR) is 136 cm³/mol. The smallest absolute Gasteiger partial charge is 0.273 e. The van der Waals surface area contributed by atoms with Crippen LogP contribution in [0, 0.1) is 15.9 Å². The summed E-state index contributed by atoms with van der Waals surface area (Å²) in [5, 5.41) is 14.5. The van der Waals surface area contributed by atoms with Gasteiger partial charge in [-0.2, -0.15) is 0 Å². The molecular formula is C28H30FN3O4. The number of benzene rings is 3. The number of nitro groups is 1. The van der Waals surface area contributed by atoms with Gasteiger partial charge in [-0.1, -0.05) is 60.7 Å². The third-order valence-electron chi connectivity index (χ3n) is 5.57. The van der Waals surface area contributed by atoms with E-state index in [0.717, 1.165) is 5.56 Å². The van der Waals surface area contributed by atoms with Crippen LogP contribution in [0.3, 0.4) is 0 Å². The van der Waals surface area contributed by atoms with Gasteiger partial charge in [0.25, 0.3) is 5.69 Å². The first-order valence-corrected chi connectivity index (χ1v) is 11.7. The second-order valence-corrected chi connectivity index (χ2v) is 9.66. The van der Waals surface area contributed by atoms with Gasteiger partial charge in [-0.3, -0.25) is 19.7 Å². The van der Waals surface area contributed by atoms with Crippen molar-refractivity contribution < 1.29 is 18.9 Å². The molecule has 0 saturated carbocycles. The molecule has 0 heterocycles. The summed E-state index contributed by atoms with van der Waals surface area (Å²) < 4.78 is 13.5. The Morgan fingerprint density at radius 1 is 0.944 bits per heavy atom. The minimum Gasteiger partial charge on any atom is -0.350 e. The van der Waals surface area contributed by atoms with Gasteiger partial charge in [-0.25, -0.2) is 4.39 Å². The molecule has 1 atom stereocenters. The molecule has 1 N–H and O–H groups in total. The summed E-state index contributed by atoms with van der Waals surface area (Å²) in [5.41, 5.74) is 1.04. The number of nitrogens with zero attached hydrogens (tertiary/aromatic N) is 2. The van der Waals surface area contributed by atoms with Gasteiger partial charge in [0.2, 0.25) is 11.8 Å². The maximum absolute atomic E-state index is 13.7. The van der Waals surface area contributed by atoms with Gasteiger partial charge in [0.15, 0.2) is 0 Å². The van der Waals surface area contributed by atoms with Gasteiger partial charge in [-0.05, 0) is 44.0 Å². The van der Waals surface area contributed by atoms with Crippen LogP contribution < -0.4 is 5.32 Å². The highest BCUT2D eigenvalue weighted by Crippen LogP contribution is 2.22. The molecule has 3 rings (SSSR count). The van der Waals surface area contributed by atoms with Crippen LogP contribution in [0.1, 0.15) is 37.5 Å². The second-order valence-electron chi connectivity index (χ2n) is 9.66. The van der Waals surface area contributed by atoms with Gasteiger partial charge < -0.3 is 10.2 Å². The maximum atomic E-state index is 13.7. The Morgan fingerprint density at radius 2 is 1.56 bits per heavy atom. The van der Waals surface area contributed by atoms with Crippen LogP contribution >= 0.6 is 0 Å². The fourth-order valence-electron chi connectivity index (χ4n) is 3.90. The Bertz CT molecular complexity index is 1210. The fraction of sp³-hybridized carbons (Fsp3) is 0.286. The lowest BCUT2D eigenvalue weighted by molar-refractivity contribution is -0.385. The average Bonchev–Trinajstić information content (AvgIpc) is 2.82. The molecule has 0 radical (unpaired) electrons. The van der Waals surface area contributed by atoms with Gasteiger partial charge in [-0.15, -0.1) is 0 Å². The van der Waals surface area contributed by atoms with Crippen LogP contribution in [0.25, 0.3) is 0 Å². The molecule has 36 heavy (non-hydrogen) atoms. The quantitative estimate of drug-likeness (QED) is 0.343. The van der Waals surface area contributed by atoms with Gasteiger partial charge >= 0.3 is 0 Å². The number of carbonyl (C=O) groups is 2. The molecular weight excluding hydrogens is 461 g/mol. The summed E-state index contributed by atoms with van der Waals surface area (Å²) in [6.45, 7) is 5.59. The molecule has 2 amide bonds. The monoisotopic (exact) mass is 491 g/mol. The summed E-state index contributed by atoms with van der Waals surface area (Å²) in [6, 6.07) is 20.2. The Balaban J connectivity index is 2.02. The highest BCUT2D eigenvalue weighted by molar-refractivity contribution is 5.89. The van der Waals surface area contributed by atoms with Crippen LogP contribution in [0.15, 0.2) is 78.9 Å². The van der Waals surface area contributed by atoms with E-state index in [2.05, 4.69) is 5.32 Å². The van der Waals surface area contributed by atoms with Crippen molar-refractivity contribution in [1.82, 2.24) is 10.2 Å². The van der Waals surface area contributed by atoms with Crippen molar-refractivity contribution in [1.29, 1.82) is 0 Å². The van der Waals surface area contributed by atoms with E-state index in [9.17, 15) is 24.1 Å². The summed E-state index contributed by atoms with van der Waals surface area (Å²) in [4.78, 5) is 39.6. The van der Waals surface area contributed by atoms with E-state index in [4.69, 9.17) is 0 Å². The lowest BCUT2D eigenvalue weighted by atomic mass is 9.99. The van der Waals surface area contributed by atoms with E-state index >= 15 is 0 Å². The van der Waals surface area contributed by atoms with E-state index in [-0.39, 0.29) is 36.5 Å². The summed E-state index contributed by atoms with van der Waals surface area (Å²) in [5.74, 6) is -1.20.